The number of allylic oxidation sites excluding steroid dienone is 2. The van der Waals surface area contributed by atoms with Gasteiger partial charge in [0.25, 0.3) is 0 Å². The van der Waals surface area contributed by atoms with Crippen LogP contribution in [0, 0.1) is 0 Å². The van der Waals surface area contributed by atoms with Crippen molar-refractivity contribution in [3.8, 4) is 0 Å². The van der Waals surface area contributed by atoms with E-state index in [2.05, 4.69) is 39.6 Å². The van der Waals surface area contributed by atoms with E-state index in [1.165, 1.54) is 31.4 Å². The Morgan fingerprint density at radius 2 is 1.79 bits per heavy atom. The minimum absolute atomic E-state index is 1.13. The third kappa shape index (κ3) is 8.36. The molecule has 0 amide bonds. The molecule has 0 bridgehead atoms. The van der Waals surface area contributed by atoms with Crippen LogP contribution in [-0.4, -0.2) is 8.32 Å². The van der Waals surface area contributed by atoms with Crippen LogP contribution in [0.15, 0.2) is 11.8 Å². The summed E-state index contributed by atoms with van der Waals surface area (Å²) in [5.74, 6) is 1.21. The molecule has 0 rings (SSSR count). The lowest BCUT2D eigenvalue weighted by Gasteiger charge is -2.21. The zero-order valence-electron chi connectivity index (χ0n) is 10.5. The molecule has 0 fully saturated rings. The average Bonchev–Trinajstić information content (AvgIpc) is 2.08. The Morgan fingerprint density at radius 3 is 2.21 bits per heavy atom. The molecule has 0 radical (unpaired) electrons. The van der Waals surface area contributed by atoms with Crippen molar-refractivity contribution >= 4 is 8.32 Å². The van der Waals surface area contributed by atoms with Crippen molar-refractivity contribution in [2.24, 2.45) is 0 Å². The third-order valence-corrected chi connectivity index (χ3v) is 2.91. The van der Waals surface area contributed by atoms with E-state index in [0.29, 0.717) is 0 Å². The van der Waals surface area contributed by atoms with Gasteiger partial charge in [-0.1, -0.05) is 32.3 Å². The Kier molecular flexibility index (Phi) is 6.98. The van der Waals surface area contributed by atoms with Crippen molar-refractivity contribution in [2.75, 3.05) is 0 Å². The fraction of sp³-hybridized carbons (Fsp3) is 0.833. The Labute approximate surface area is 90.7 Å². The summed E-state index contributed by atoms with van der Waals surface area (Å²) in [4.78, 5) is 0. The summed E-state index contributed by atoms with van der Waals surface area (Å²) in [6.45, 7) is 11.0. The SMILES string of the molecule is CC=C(CCCCCC)O[Si](C)(C)C. The third-order valence-electron chi connectivity index (χ3n) is 2.04. The molecule has 0 N–H and O–H groups in total. The topological polar surface area (TPSA) is 9.23 Å². The molecule has 0 aliphatic rings. The molecule has 0 aromatic heterocycles. The quantitative estimate of drug-likeness (QED) is 0.339. The van der Waals surface area contributed by atoms with Gasteiger partial charge in [0.15, 0.2) is 0 Å². The van der Waals surface area contributed by atoms with Crippen molar-refractivity contribution in [3.63, 3.8) is 0 Å². The average molecular weight is 214 g/mol. The highest BCUT2D eigenvalue weighted by molar-refractivity contribution is 6.70. The van der Waals surface area contributed by atoms with Gasteiger partial charge in [0.1, 0.15) is 0 Å². The molecule has 0 aromatic rings. The standard InChI is InChI=1S/C12H26OSi/c1-6-8-9-10-11-12(7-2)13-14(3,4)5/h7H,6,8-11H2,1-5H3. The molecule has 14 heavy (non-hydrogen) atoms. The zero-order valence-corrected chi connectivity index (χ0v) is 11.5. The van der Waals surface area contributed by atoms with Crippen molar-refractivity contribution in [1.29, 1.82) is 0 Å². The monoisotopic (exact) mass is 214 g/mol. The van der Waals surface area contributed by atoms with Crippen LogP contribution in [0.2, 0.25) is 19.6 Å². The maximum atomic E-state index is 5.97. The van der Waals surface area contributed by atoms with Gasteiger partial charge < -0.3 is 4.43 Å². The lowest BCUT2D eigenvalue weighted by atomic mass is 10.1. The molecule has 0 atom stereocenters. The second-order valence-electron chi connectivity index (χ2n) is 4.78. The van der Waals surface area contributed by atoms with E-state index in [1.807, 2.05) is 0 Å². The Morgan fingerprint density at radius 1 is 1.14 bits per heavy atom. The van der Waals surface area contributed by atoms with Crippen molar-refractivity contribution in [2.45, 2.75) is 65.6 Å². The molecule has 0 spiro atoms. The van der Waals surface area contributed by atoms with Gasteiger partial charge in [-0.2, -0.15) is 0 Å². The van der Waals surface area contributed by atoms with E-state index in [9.17, 15) is 0 Å². The summed E-state index contributed by atoms with van der Waals surface area (Å²) in [6, 6.07) is 0. The lowest BCUT2D eigenvalue weighted by molar-refractivity contribution is 0.391. The molecule has 0 saturated heterocycles. The lowest BCUT2D eigenvalue weighted by Crippen LogP contribution is -2.24. The first-order valence-electron chi connectivity index (χ1n) is 5.83. The minimum Gasteiger partial charge on any atom is -0.548 e. The molecule has 0 aliphatic heterocycles. The van der Waals surface area contributed by atoms with E-state index < -0.39 is 8.32 Å². The van der Waals surface area contributed by atoms with Crippen LogP contribution in [0.25, 0.3) is 0 Å². The van der Waals surface area contributed by atoms with E-state index >= 15 is 0 Å². The van der Waals surface area contributed by atoms with Gasteiger partial charge in [-0.15, -0.1) is 0 Å². The molecule has 0 aromatic carbocycles. The van der Waals surface area contributed by atoms with E-state index in [1.54, 1.807) is 0 Å². The van der Waals surface area contributed by atoms with Crippen LogP contribution < -0.4 is 0 Å². The Bertz CT molecular complexity index is 168. The van der Waals surface area contributed by atoms with Crippen molar-refractivity contribution < 1.29 is 4.43 Å². The Balaban J connectivity index is 3.71. The largest absolute Gasteiger partial charge is 0.548 e. The van der Waals surface area contributed by atoms with Crippen molar-refractivity contribution in [1.82, 2.24) is 0 Å². The van der Waals surface area contributed by atoms with Gasteiger partial charge in [0, 0.05) is 6.42 Å². The first-order valence-corrected chi connectivity index (χ1v) is 9.24. The van der Waals surface area contributed by atoms with Crippen LogP contribution in [-0.2, 0) is 4.43 Å². The zero-order chi connectivity index (χ0) is 11.0. The van der Waals surface area contributed by atoms with Gasteiger partial charge in [-0.05, 0) is 33.0 Å². The number of rotatable bonds is 7. The van der Waals surface area contributed by atoms with Crippen LogP contribution in [0.5, 0.6) is 0 Å². The molecular weight excluding hydrogens is 188 g/mol. The van der Waals surface area contributed by atoms with E-state index in [4.69, 9.17) is 4.43 Å². The fourth-order valence-electron chi connectivity index (χ4n) is 1.37. The Hall–Kier alpha value is -0.243. The van der Waals surface area contributed by atoms with E-state index in [-0.39, 0.29) is 0 Å². The summed E-state index contributed by atoms with van der Waals surface area (Å²) in [5.41, 5.74) is 0. The highest BCUT2D eigenvalue weighted by Gasteiger charge is 2.16. The molecule has 0 heterocycles. The van der Waals surface area contributed by atoms with Crippen LogP contribution in [0.1, 0.15) is 46.0 Å². The second kappa shape index (κ2) is 7.10. The minimum atomic E-state index is -1.38. The van der Waals surface area contributed by atoms with Crippen LogP contribution in [0.4, 0.5) is 0 Å². The second-order valence-corrected chi connectivity index (χ2v) is 9.21. The smallest absolute Gasteiger partial charge is 0.241 e. The summed E-state index contributed by atoms with van der Waals surface area (Å²) >= 11 is 0. The van der Waals surface area contributed by atoms with Gasteiger partial charge in [0.2, 0.25) is 8.32 Å². The summed E-state index contributed by atoms with van der Waals surface area (Å²) in [5, 5.41) is 0. The van der Waals surface area contributed by atoms with Gasteiger partial charge >= 0.3 is 0 Å². The molecular formula is C12H26OSi. The highest BCUT2D eigenvalue weighted by Crippen LogP contribution is 2.16. The van der Waals surface area contributed by atoms with E-state index in [0.717, 1.165) is 6.42 Å². The molecule has 0 saturated carbocycles. The highest BCUT2D eigenvalue weighted by atomic mass is 28.4. The molecule has 2 heteroatoms. The van der Waals surface area contributed by atoms with Gasteiger partial charge in [-0.3, -0.25) is 0 Å². The molecule has 1 nitrogen and oxygen atoms in total. The van der Waals surface area contributed by atoms with Gasteiger partial charge in [-0.25, -0.2) is 0 Å². The van der Waals surface area contributed by atoms with Crippen LogP contribution in [0.3, 0.4) is 0 Å². The first kappa shape index (κ1) is 13.8. The maximum absolute atomic E-state index is 5.97. The van der Waals surface area contributed by atoms with Crippen molar-refractivity contribution in [3.05, 3.63) is 11.8 Å². The van der Waals surface area contributed by atoms with Crippen LogP contribution >= 0.6 is 0 Å². The molecule has 0 aliphatic carbocycles. The summed E-state index contributed by atoms with van der Waals surface area (Å²) in [6.07, 6.45) is 8.52. The molecule has 84 valence electrons. The normalized spacial score (nSPS) is 13.1. The predicted molar refractivity (Wildman–Crippen MR) is 66.9 cm³/mol. The maximum Gasteiger partial charge on any atom is 0.241 e. The van der Waals surface area contributed by atoms with Gasteiger partial charge in [0.05, 0.1) is 5.76 Å². The fourth-order valence-corrected chi connectivity index (χ4v) is 2.38. The number of unbranched alkanes of at least 4 members (excludes halogenated alkanes) is 3. The first-order chi connectivity index (χ1) is 6.49. The predicted octanol–water partition coefficient (Wildman–Crippen LogP) is 4.71. The summed E-state index contributed by atoms with van der Waals surface area (Å²) in [7, 11) is -1.38. The number of hydrogen-bond acceptors (Lipinski definition) is 1. The summed E-state index contributed by atoms with van der Waals surface area (Å²) < 4.78 is 5.97. The molecule has 0 unspecified atom stereocenters. The number of hydrogen-bond donors (Lipinski definition) is 0.